The minimum atomic E-state index is -0.783. The highest BCUT2D eigenvalue weighted by Gasteiger charge is 2.21. The SMILES string of the molecule is CCOC(OCC)c1ccc(OC(=O)OC(C)(C)C)c(OC)c1. The lowest BCUT2D eigenvalue weighted by Gasteiger charge is -2.20. The Balaban J connectivity index is 2.93. The fraction of sp³-hybridized carbons (Fsp3) is 0.588. The van der Waals surface area contributed by atoms with Gasteiger partial charge in [0.05, 0.1) is 7.11 Å². The van der Waals surface area contributed by atoms with Crippen LogP contribution in [0.4, 0.5) is 4.79 Å². The number of ether oxygens (including phenoxy) is 5. The number of carbonyl (C=O) groups is 1. The van der Waals surface area contributed by atoms with Crippen LogP contribution in [-0.4, -0.2) is 32.1 Å². The highest BCUT2D eigenvalue weighted by atomic mass is 16.7. The average molecular weight is 326 g/mol. The van der Waals surface area contributed by atoms with Gasteiger partial charge in [0.15, 0.2) is 17.8 Å². The molecule has 0 spiro atoms. The van der Waals surface area contributed by atoms with Gasteiger partial charge in [-0.2, -0.15) is 0 Å². The summed E-state index contributed by atoms with van der Waals surface area (Å²) in [4.78, 5) is 11.8. The molecule has 0 fully saturated rings. The molecular formula is C17H26O6. The van der Waals surface area contributed by atoms with Crippen molar-refractivity contribution in [1.82, 2.24) is 0 Å². The molecule has 23 heavy (non-hydrogen) atoms. The third kappa shape index (κ3) is 6.46. The molecule has 0 radical (unpaired) electrons. The minimum absolute atomic E-state index is 0.275. The molecule has 0 amide bonds. The van der Waals surface area contributed by atoms with E-state index in [0.29, 0.717) is 19.0 Å². The van der Waals surface area contributed by atoms with Gasteiger partial charge in [-0.25, -0.2) is 4.79 Å². The van der Waals surface area contributed by atoms with Crippen LogP contribution in [0, 0.1) is 0 Å². The Morgan fingerprint density at radius 2 is 1.70 bits per heavy atom. The Kier molecular flexibility index (Phi) is 7.32. The van der Waals surface area contributed by atoms with Crippen LogP contribution in [0.5, 0.6) is 11.5 Å². The predicted octanol–water partition coefficient (Wildman–Crippen LogP) is 4.08. The molecule has 0 unspecified atom stereocenters. The van der Waals surface area contributed by atoms with Crippen molar-refractivity contribution in [3.8, 4) is 11.5 Å². The summed E-state index contributed by atoms with van der Waals surface area (Å²) in [6, 6.07) is 5.11. The standard InChI is InChI=1S/C17H26O6/c1-7-20-15(21-8-2)12-9-10-13(14(11-12)19-6)22-16(18)23-17(3,4)5/h9-11,15H,7-8H2,1-6H3. The van der Waals surface area contributed by atoms with E-state index >= 15 is 0 Å². The molecule has 0 saturated heterocycles. The number of methoxy groups -OCH3 is 1. The zero-order valence-electron chi connectivity index (χ0n) is 14.7. The molecule has 0 atom stereocenters. The summed E-state index contributed by atoms with van der Waals surface area (Å²) in [5.74, 6) is 0.676. The maximum absolute atomic E-state index is 11.8. The maximum Gasteiger partial charge on any atom is 0.514 e. The van der Waals surface area contributed by atoms with Gasteiger partial charge in [-0.05, 0) is 52.8 Å². The number of carbonyl (C=O) groups excluding carboxylic acids is 1. The number of hydrogen-bond acceptors (Lipinski definition) is 6. The lowest BCUT2D eigenvalue weighted by Crippen LogP contribution is -2.26. The lowest BCUT2D eigenvalue weighted by atomic mass is 10.2. The smallest absolute Gasteiger partial charge is 0.493 e. The Bertz CT molecular complexity index is 500. The van der Waals surface area contributed by atoms with Gasteiger partial charge in [0, 0.05) is 18.8 Å². The summed E-state index contributed by atoms with van der Waals surface area (Å²) in [5.41, 5.74) is 0.154. The molecule has 0 aliphatic carbocycles. The molecule has 0 aromatic heterocycles. The van der Waals surface area contributed by atoms with E-state index in [1.54, 1.807) is 39.0 Å². The normalized spacial score (nSPS) is 11.4. The first-order valence-corrected chi connectivity index (χ1v) is 7.62. The predicted molar refractivity (Wildman–Crippen MR) is 85.8 cm³/mol. The fourth-order valence-corrected chi connectivity index (χ4v) is 1.82. The summed E-state index contributed by atoms with van der Waals surface area (Å²) >= 11 is 0. The molecule has 1 aromatic carbocycles. The Labute approximate surface area is 137 Å². The fourth-order valence-electron chi connectivity index (χ4n) is 1.82. The molecule has 0 aliphatic heterocycles. The number of hydrogen-bond donors (Lipinski definition) is 0. The van der Waals surface area contributed by atoms with Gasteiger partial charge in [-0.3, -0.25) is 0 Å². The van der Waals surface area contributed by atoms with Crippen molar-refractivity contribution >= 4 is 6.16 Å². The molecule has 1 aromatic rings. The van der Waals surface area contributed by atoms with Gasteiger partial charge in [0.25, 0.3) is 0 Å². The van der Waals surface area contributed by atoms with Crippen LogP contribution < -0.4 is 9.47 Å². The van der Waals surface area contributed by atoms with E-state index in [9.17, 15) is 4.79 Å². The van der Waals surface area contributed by atoms with Crippen LogP contribution in [0.1, 0.15) is 46.5 Å². The second kappa shape index (κ2) is 8.74. The van der Waals surface area contributed by atoms with Gasteiger partial charge in [0.2, 0.25) is 0 Å². The van der Waals surface area contributed by atoms with Crippen molar-refractivity contribution in [3.05, 3.63) is 23.8 Å². The third-order valence-electron chi connectivity index (χ3n) is 2.68. The number of benzene rings is 1. The Hall–Kier alpha value is -1.79. The van der Waals surface area contributed by atoms with Crippen molar-refractivity contribution in [1.29, 1.82) is 0 Å². The first kappa shape index (κ1) is 19.3. The summed E-state index contributed by atoms with van der Waals surface area (Å²) in [6.07, 6.45) is -1.27. The van der Waals surface area contributed by atoms with Crippen molar-refractivity contribution in [3.63, 3.8) is 0 Å². The van der Waals surface area contributed by atoms with Crippen LogP contribution in [0.25, 0.3) is 0 Å². The second-order valence-electron chi connectivity index (χ2n) is 5.72. The van der Waals surface area contributed by atoms with Gasteiger partial charge in [-0.15, -0.1) is 0 Å². The average Bonchev–Trinajstić information content (AvgIpc) is 2.45. The molecule has 1 rings (SSSR count). The monoisotopic (exact) mass is 326 g/mol. The molecule has 0 aliphatic rings. The van der Waals surface area contributed by atoms with E-state index in [1.165, 1.54) is 7.11 Å². The first-order valence-electron chi connectivity index (χ1n) is 7.62. The third-order valence-corrected chi connectivity index (χ3v) is 2.68. The van der Waals surface area contributed by atoms with Crippen LogP contribution in [-0.2, 0) is 14.2 Å². The quantitative estimate of drug-likeness (QED) is 0.427. The Morgan fingerprint density at radius 1 is 1.09 bits per heavy atom. The van der Waals surface area contributed by atoms with Crippen molar-refractivity contribution in [2.24, 2.45) is 0 Å². The van der Waals surface area contributed by atoms with Crippen LogP contribution in [0.2, 0.25) is 0 Å². The zero-order chi connectivity index (χ0) is 17.5. The van der Waals surface area contributed by atoms with E-state index in [4.69, 9.17) is 23.7 Å². The highest BCUT2D eigenvalue weighted by molar-refractivity contribution is 5.66. The maximum atomic E-state index is 11.8. The van der Waals surface area contributed by atoms with E-state index in [1.807, 2.05) is 13.8 Å². The lowest BCUT2D eigenvalue weighted by molar-refractivity contribution is -0.140. The molecule has 6 nitrogen and oxygen atoms in total. The van der Waals surface area contributed by atoms with Crippen molar-refractivity contribution < 1.29 is 28.5 Å². The molecule has 6 heteroatoms. The van der Waals surface area contributed by atoms with Crippen LogP contribution in [0.3, 0.4) is 0 Å². The summed E-state index contributed by atoms with van der Waals surface area (Å²) in [6.45, 7) is 10.1. The van der Waals surface area contributed by atoms with Crippen molar-refractivity contribution in [2.75, 3.05) is 20.3 Å². The summed E-state index contributed by atoms with van der Waals surface area (Å²) in [5, 5.41) is 0. The van der Waals surface area contributed by atoms with Crippen LogP contribution in [0.15, 0.2) is 18.2 Å². The Morgan fingerprint density at radius 3 is 2.17 bits per heavy atom. The van der Waals surface area contributed by atoms with Gasteiger partial charge in [0.1, 0.15) is 5.60 Å². The van der Waals surface area contributed by atoms with Crippen LogP contribution >= 0.6 is 0 Å². The molecular weight excluding hydrogens is 300 g/mol. The minimum Gasteiger partial charge on any atom is -0.493 e. The molecule has 0 N–H and O–H groups in total. The highest BCUT2D eigenvalue weighted by Crippen LogP contribution is 2.32. The molecule has 130 valence electrons. The van der Waals surface area contributed by atoms with E-state index < -0.39 is 18.0 Å². The number of rotatable bonds is 7. The van der Waals surface area contributed by atoms with Gasteiger partial charge >= 0.3 is 6.16 Å². The zero-order valence-corrected chi connectivity index (χ0v) is 14.7. The molecule has 0 heterocycles. The van der Waals surface area contributed by atoms with Gasteiger partial charge in [-0.1, -0.05) is 0 Å². The summed E-state index contributed by atoms with van der Waals surface area (Å²) in [7, 11) is 1.50. The molecule has 0 bridgehead atoms. The second-order valence-corrected chi connectivity index (χ2v) is 5.72. The summed E-state index contributed by atoms with van der Waals surface area (Å²) < 4.78 is 26.7. The topological polar surface area (TPSA) is 63.2 Å². The first-order chi connectivity index (χ1) is 10.8. The van der Waals surface area contributed by atoms with Gasteiger partial charge < -0.3 is 23.7 Å². The van der Waals surface area contributed by atoms with E-state index in [-0.39, 0.29) is 5.75 Å². The van der Waals surface area contributed by atoms with E-state index in [2.05, 4.69) is 0 Å². The van der Waals surface area contributed by atoms with Crippen molar-refractivity contribution in [2.45, 2.75) is 46.5 Å². The van der Waals surface area contributed by atoms with E-state index in [0.717, 1.165) is 5.56 Å². The largest absolute Gasteiger partial charge is 0.514 e. The molecule has 0 saturated carbocycles.